The van der Waals surface area contributed by atoms with Crippen LogP contribution in [0.25, 0.3) is 0 Å². The molecule has 0 heterocycles. The highest BCUT2D eigenvalue weighted by atomic mass is 16.5. The summed E-state index contributed by atoms with van der Waals surface area (Å²) >= 11 is 0. The molecule has 0 bridgehead atoms. The zero-order chi connectivity index (χ0) is 18.8. The Morgan fingerprint density at radius 3 is 2.15 bits per heavy atom. The second kappa shape index (κ2) is 9.53. The number of hydrogen-bond acceptors (Lipinski definition) is 4. The Morgan fingerprint density at radius 2 is 1.62 bits per heavy atom. The van der Waals surface area contributed by atoms with Gasteiger partial charge < -0.3 is 10.5 Å². The number of nitrogens with two attached hydrogens (primary N) is 1. The number of carbonyl (C=O) groups is 2. The molecule has 0 aliphatic heterocycles. The van der Waals surface area contributed by atoms with Crippen LogP contribution < -0.4 is 11.1 Å². The molecule has 1 amide bonds. The van der Waals surface area contributed by atoms with Gasteiger partial charge in [0.2, 0.25) is 5.91 Å². The maximum atomic E-state index is 12.8. The second-order valence-corrected chi connectivity index (χ2v) is 6.00. The lowest BCUT2D eigenvalue weighted by Gasteiger charge is -2.29. The third-order valence-corrected chi connectivity index (χ3v) is 4.14. The van der Waals surface area contributed by atoms with Crippen LogP contribution in [0.1, 0.15) is 24.0 Å². The molecule has 0 radical (unpaired) electrons. The van der Waals surface area contributed by atoms with E-state index >= 15 is 0 Å². The van der Waals surface area contributed by atoms with Crippen LogP contribution in [0, 0.1) is 0 Å². The number of carbonyl (C=O) groups excluding carboxylic acids is 2. The first-order chi connectivity index (χ1) is 12.6. The van der Waals surface area contributed by atoms with E-state index in [9.17, 15) is 9.59 Å². The predicted molar refractivity (Wildman–Crippen MR) is 101 cm³/mol. The standard InChI is InChI=1S/C21H24N2O3/c1-2-3-14-21(19(22)24,23-15-17-10-6-4-7-11-17)20(25)26-16-18-12-8-5-9-13-18/h2,4-13,23H,1,3,14-16H2,(H2,22,24)/t21-/m1/s1. The van der Waals surface area contributed by atoms with Crippen molar-refractivity contribution in [3.05, 3.63) is 84.4 Å². The number of esters is 1. The number of benzene rings is 2. The van der Waals surface area contributed by atoms with Crippen molar-refractivity contribution in [3.63, 3.8) is 0 Å². The predicted octanol–water partition coefficient (Wildman–Crippen LogP) is 2.71. The number of allylic oxidation sites excluding steroid dienone is 1. The summed E-state index contributed by atoms with van der Waals surface area (Å²) < 4.78 is 5.40. The van der Waals surface area contributed by atoms with Gasteiger partial charge in [0, 0.05) is 6.54 Å². The minimum atomic E-state index is -1.60. The molecule has 0 spiro atoms. The molecule has 2 aromatic carbocycles. The fourth-order valence-electron chi connectivity index (χ4n) is 2.59. The fourth-order valence-corrected chi connectivity index (χ4v) is 2.59. The molecule has 0 aromatic heterocycles. The lowest BCUT2D eigenvalue weighted by Crippen LogP contribution is -2.61. The molecule has 1 atom stereocenters. The summed E-state index contributed by atoms with van der Waals surface area (Å²) in [6.45, 7) is 4.06. The van der Waals surface area contributed by atoms with E-state index in [1.54, 1.807) is 6.08 Å². The maximum absolute atomic E-state index is 12.8. The van der Waals surface area contributed by atoms with Crippen LogP contribution >= 0.6 is 0 Å². The molecule has 5 heteroatoms. The van der Waals surface area contributed by atoms with Crippen molar-refractivity contribution in [1.29, 1.82) is 0 Å². The van der Waals surface area contributed by atoms with Crippen molar-refractivity contribution in [2.45, 2.75) is 31.5 Å². The highest BCUT2D eigenvalue weighted by Gasteiger charge is 2.45. The van der Waals surface area contributed by atoms with Gasteiger partial charge in [0.1, 0.15) is 6.61 Å². The summed E-state index contributed by atoms with van der Waals surface area (Å²) in [5.74, 6) is -1.43. The third-order valence-electron chi connectivity index (χ3n) is 4.14. The molecule has 5 nitrogen and oxygen atoms in total. The normalized spacial score (nSPS) is 12.8. The summed E-state index contributed by atoms with van der Waals surface area (Å²) in [6.07, 6.45) is 2.28. The first-order valence-electron chi connectivity index (χ1n) is 8.49. The van der Waals surface area contributed by atoms with Crippen LogP contribution in [-0.2, 0) is 27.5 Å². The Morgan fingerprint density at radius 1 is 1.04 bits per heavy atom. The smallest absolute Gasteiger partial charge is 0.336 e. The molecular weight excluding hydrogens is 328 g/mol. The zero-order valence-electron chi connectivity index (χ0n) is 14.7. The molecule has 0 saturated heterocycles. The molecule has 136 valence electrons. The van der Waals surface area contributed by atoms with E-state index in [0.717, 1.165) is 11.1 Å². The molecule has 2 aromatic rings. The van der Waals surface area contributed by atoms with Crippen LogP contribution in [-0.4, -0.2) is 17.4 Å². The average Bonchev–Trinajstić information content (AvgIpc) is 2.68. The van der Waals surface area contributed by atoms with E-state index in [4.69, 9.17) is 10.5 Å². The van der Waals surface area contributed by atoms with Gasteiger partial charge in [0.15, 0.2) is 5.54 Å². The lowest BCUT2D eigenvalue weighted by atomic mass is 9.91. The van der Waals surface area contributed by atoms with Gasteiger partial charge in [-0.25, -0.2) is 4.79 Å². The number of hydrogen-bond donors (Lipinski definition) is 2. The van der Waals surface area contributed by atoms with Gasteiger partial charge in [0.25, 0.3) is 0 Å². The highest BCUT2D eigenvalue weighted by molar-refractivity contribution is 6.06. The monoisotopic (exact) mass is 352 g/mol. The minimum Gasteiger partial charge on any atom is -0.459 e. The fraction of sp³-hybridized carbons (Fsp3) is 0.238. The summed E-state index contributed by atoms with van der Waals surface area (Å²) in [7, 11) is 0. The van der Waals surface area contributed by atoms with Crippen LogP contribution in [0.15, 0.2) is 73.3 Å². The van der Waals surface area contributed by atoms with Crippen LogP contribution in [0.2, 0.25) is 0 Å². The van der Waals surface area contributed by atoms with Crippen molar-refractivity contribution in [2.24, 2.45) is 5.73 Å². The number of ether oxygens (including phenoxy) is 1. The largest absolute Gasteiger partial charge is 0.459 e. The van der Waals surface area contributed by atoms with Gasteiger partial charge in [-0.05, 0) is 24.0 Å². The summed E-state index contributed by atoms with van der Waals surface area (Å²) in [4.78, 5) is 25.0. The van der Waals surface area contributed by atoms with E-state index in [1.807, 2.05) is 60.7 Å². The van der Waals surface area contributed by atoms with E-state index in [2.05, 4.69) is 11.9 Å². The van der Waals surface area contributed by atoms with Crippen LogP contribution in [0.3, 0.4) is 0 Å². The molecule has 3 N–H and O–H groups in total. The molecule has 0 aliphatic rings. The van der Waals surface area contributed by atoms with Gasteiger partial charge >= 0.3 is 5.97 Å². The lowest BCUT2D eigenvalue weighted by molar-refractivity contribution is -0.157. The topological polar surface area (TPSA) is 81.4 Å². The summed E-state index contributed by atoms with van der Waals surface area (Å²) in [5.41, 5.74) is 5.79. The number of amides is 1. The Kier molecular flexibility index (Phi) is 7.12. The van der Waals surface area contributed by atoms with Crippen molar-refractivity contribution in [1.82, 2.24) is 5.32 Å². The molecule has 0 aliphatic carbocycles. The van der Waals surface area contributed by atoms with Crippen molar-refractivity contribution >= 4 is 11.9 Å². The molecule has 26 heavy (non-hydrogen) atoms. The number of primary amides is 1. The minimum absolute atomic E-state index is 0.0792. The Hall–Kier alpha value is -2.92. The second-order valence-electron chi connectivity index (χ2n) is 6.00. The molecule has 2 rings (SSSR count). The van der Waals surface area contributed by atoms with Crippen LogP contribution in [0.5, 0.6) is 0 Å². The Bertz CT molecular complexity index is 731. The molecule has 0 saturated carbocycles. The van der Waals surface area contributed by atoms with Crippen molar-refractivity contribution in [3.8, 4) is 0 Å². The van der Waals surface area contributed by atoms with Gasteiger partial charge in [-0.1, -0.05) is 66.7 Å². The SMILES string of the molecule is C=CCC[C@@](NCc1ccccc1)(C(N)=O)C(=O)OCc1ccccc1. The van der Waals surface area contributed by atoms with Crippen LogP contribution in [0.4, 0.5) is 0 Å². The number of nitrogens with one attached hydrogen (secondary N) is 1. The first-order valence-corrected chi connectivity index (χ1v) is 8.49. The van der Waals surface area contributed by atoms with E-state index in [0.29, 0.717) is 13.0 Å². The summed E-state index contributed by atoms with van der Waals surface area (Å²) in [5, 5.41) is 3.02. The molecule has 0 fully saturated rings. The number of rotatable bonds is 10. The van der Waals surface area contributed by atoms with E-state index < -0.39 is 17.4 Å². The quantitative estimate of drug-likeness (QED) is 0.391. The molecule has 0 unspecified atom stereocenters. The van der Waals surface area contributed by atoms with Crippen molar-refractivity contribution in [2.75, 3.05) is 0 Å². The van der Waals surface area contributed by atoms with Gasteiger partial charge in [-0.3, -0.25) is 10.1 Å². The Labute approximate surface area is 153 Å². The average molecular weight is 352 g/mol. The zero-order valence-corrected chi connectivity index (χ0v) is 14.7. The van der Waals surface area contributed by atoms with E-state index in [1.165, 1.54) is 0 Å². The highest BCUT2D eigenvalue weighted by Crippen LogP contribution is 2.18. The Balaban J connectivity index is 2.15. The van der Waals surface area contributed by atoms with Gasteiger partial charge in [-0.2, -0.15) is 0 Å². The van der Waals surface area contributed by atoms with E-state index in [-0.39, 0.29) is 13.0 Å². The van der Waals surface area contributed by atoms with Gasteiger partial charge in [0.05, 0.1) is 0 Å². The van der Waals surface area contributed by atoms with Gasteiger partial charge in [-0.15, -0.1) is 6.58 Å². The molecular formula is C21H24N2O3. The van der Waals surface area contributed by atoms with Crippen molar-refractivity contribution < 1.29 is 14.3 Å². The first kappa shape index (κ1) is 19.4. The maximum Gasteiger partial charge on any atom is 0.336 e. The summed E-state index contributed by atoms with van der Waals surface area (Å²) in [6, 6.07) is 18.8. The third kappa shape index (κ3) is 5.04.